The average molecular weight is 322 g/mol. The molecule has 6 nitrogen and oxygen atoms in total. The molecule has 2 amide bonds. The molecule has 23 heavy (non-hydrogen) atoms. The van der Waals surface area contributed by atoms with Crippen LogP contribution in [0.3, 0.4) is 0 Å². The Kier molecular flexibility index (Phi) is 4.76. The van der Waals surface area contributed by atoms with Gasteiger partial charge in [-0.3, -0.25) is 5.32 Å². The van der Waals surface area contributed by atoms with Gasteiger partial charge in [-0.05, 0) is 33.6 Å². The summed E-state index contributed by atoms with van der Waals surface area (Å²) in [5, 5.41) is 17.1. The first kappa shape index (κ1) is 17.8. The highest BCUT2D eigenvalue weighted by Gasteiger charge is 2.30. The number of likely N-dealkylation sites (tertiary alicyclic amines) is 1. The summed E-state index contributed by atoms with van der Waals surface area (Å²) in [6, 6.07) is 1.71. The Balaban J connectivity index is 2.28. The summed E-state index contributed by atoms with van der Waals surface area (Å²) in [6.45, 7) is 13.2. The number of hydrogen-bond donors (Lipinski definition) is 2. The molecular formula is C17H30N4O2. The van der Waals surface area contributed by atoms with Crippen LogP contribution in [0.25, 0.3) is 0 Å². The van der Waals surface area contributed by atoms with Crippen molar-refractivity contribution in [1.82, 2.24) is 14.7 Å². The molecule has 1 atom stereocenters. The second-order valence-corrected chi connectivity index (χ2v) is 8.35. The van der Waals surface area contributed by atoms with Crippen molar-refractivity contribution in [2.24, 2.45) is 0 Å². The van der Waals surface area contributed by atoms with Crippen LogP contribution in [0.5, 0.6) is 0 Å². The standard InChI is InChI=1S/C17H30N4O2/c1-16(2,3)13-10-14(21(19-13)17(4,5)6)18-15(23)20-9-7-8-12(20)11-22/h10,12,22H,7-9,11H2,1-6H3,(H,18,23). The van der Waals surface area contributed by atoms with Gasteiger partial charge in [0.15, 0.2) is 0 Å². The molecule has 130 valence electrons. The van der Waals surface area contributed by atoms with Crippen molar-refractivity contribution in [3.8, 4) is 0 Å². The second-order valence-electron chi connectivity index (χ2n) is 8.35. The number of carbonyl (C=O) groups is 1. The fourth-order valence-corrected chi connectivity index (χ4v) is 2.82. The third-order valence-corrected chi connectivity index (χ3v) is 4.20. The first-order valence-electron chi connectivity index (χ1n) is 8.33. The van der Waals surface area contributed by atoms with Crippen molar-refractivity contribution in [1.29, 1.82) is 0 Å². The number of rotatable bonds is 2. The lowest BCUT2D eigenvalue weighted by Crippen LogP contribution is -2.41. The lowest BCUT2D eigenvalue weighted by atomic mass is 9.92. The molecule has 0 aliphatic carbocycles. The maximum Gasteiger partial charge on any atom is 0.323 e. The van der Waals surface area contributed by atoms with E-state index in [0.29, 0.717) is 12.4 Å². The lowest BCUT2D eigenvalue weighted by Gasteiger charge is -2.26. The van der Waals surface area contributed by atoms with Gasteiger partial charge in [0.2, 0.25) is 0 Å². The molecule has 1 fully saturated rings. The zero-order valence-corrected chi connectivity index (χ0v) is 15.2. The fraction of sp³-hybridized carbons (Fsp3) is 0.765. The van der Waals surface area contributed by atoms with Crippen LogP contribution in [0.2, 0.25) is 0 Å². The SMILES string of the molecule is CC(C)(C)c1cc(NC(=O)N2CCCC2CO)n(C(C)(C)C)n1. The van der Waals surface area contributed by atoms with Crippen molar-refractivity contribution in [2.75, 3.05) is 18.5 Å². The largest absolute Gasteiger partial charge is 0.394 e. The molecule has 1 aliphatic rings. The van der Waals surface area contributed by atoms with Crippen LogP contribution in [0.1, 0.15) is 60.1 Å². The summed E-state index contributed by atoms with van der Waals surface area (Å²) in [5.41, 5.74) is 0.632. The number of urea groups is 1. The number of carbonyl (C=O) groups excluding carboxylic acids is 1. The fourth-order valence-electron chi connectivity index (χ4n) is 2.82. The number of anilines is 1. The smallest absolute Gasteiger partial charge is 0.323 e. The minimum Gasteiger partial charge on any atom is -0.394 e. The van der Waals surface area contributed by atoms with Crippen LogP contribution < -0.4 is 5.32 Å². The molecule has 0 bridgehead atoms. The van der Waals surface area contributed by atoms with E-state index < -0.39 is 0 Å². The monoisotopic (exact) mass is 322 g/mol. The van der Waals surface area contributed by atoms with Gasteiger partial charge < -0.3 is 10.0 Å². The number of aromatic nitrogens is 2. The maximum absolute atomic E-state index is 12.6. The zero-order chi connectivity index (χ0) is 17.4. The van der Waals surface area contributed by atoms with Crippen molar-refractivity contribution >= 4 is 11.8 Å². The summed E-state index contributed by atoms with van der Waals surface area (Å²) >= 11 is 0. The maximum atomic E-state index is 12.6. The van der Waals surface area contributed by atoms with Gasteiger partial charge in [0.05, 0.1) is 23.9 Å². The van der Waals surface area contributed by atoms with E-state index in [2.05, 4.69) is 46.9 Å². The molecule has 6 heteroatoms. The van der Waals surface area contributed by atoms with E-state index in [1.807, 2.05) is 10.7 Å². The van der Waals surface area contributed by atoms with E-state index in [4.69, 9.17) is 5.10 Å². The summed E-state index contributed by atoms with van der Waals surface area (Å²) < 4.78 is 1.87. The Morgan fingerprint density at radius 2 is 2.00 bits per heavy atom. The van der Waals surface area contributed by atoms with Crippen molar-refractivity contribution < 1.29 is 9.90 Å². The van der Waals surface area contributed by atoms with Gasteiger partial charge in [0.25, 0.3) is 0 Å². The zero-order valence-electron chi connectivity index (χ0n) is 15.2. The molecule has 0 radical (unpaired) electrons. The van der Waals surface area contributed by atoms with E-state index in [1.54, 1.807) is 4.90 Å². The van der Waals surface area contributed by atoms with E-state index >= 15 is 0 Å². The summed E-state index contributed by atoms with van der Waals surface area (Å²) in [6.07, 6.45) is 1.79. The molecule has 2 heterocycles. The Hall–Kier alpha value is -1.56. The molecule has 2 rings (SSSR count). The minimum atomic E-state index is -0.229. The van der Waals surface area contributed by atoms with Crippen molar-refractivity contribution in [3.63, 3.8) is 0 Å². The predicted octanol–water partition coefficient (Wildman–Crippen LogP) is 2.92. The van der Waals surface area contributed by atoms with Gasteiger partial charge in [-0.2, -0.15) is 5.10 Å². The molecule has 1 saturated heterocycles. The van der Waals surface area contributed by atoms with Crippen molar-refractivity contribution in [3.05, 3.63) is 11.8 Å². The average Bonchev–Trinajstić information content (AvgIpc) is 3.02. The first-order chi connectivity index (χ1) is 10.5. The highest BCUT2D eigenvalue weighted by Crippen LogP contribution is 2.29. The molecule has 1 aromatic heterocycles. The molecule has 1 aromatic rings. The Morgan fingerprint density at radius 3 is 2.52 bits per heavy atom. The Morgan fingerprint density at radius 1 is 1.35 bits per heavy atom. The molecule has 0 spiro atoms. The molecule has 1 aliphatic heterocycles. The minimum absolute atomic E-state index is 0.0131. The van der Waals surface area contributed by atoms with Gasteiger partial charge >= 0.3 is 6.03 Å². The van der Waals surface area contributed by atoms with Crippen LogP contribution in [0.4, 0.5) is 10.6 Å². The highest BCUT2D eigenvalue weighted by atomic mass is 16.3. The van der Waals surface area contributed by atoms with Crippen LogP contribution in [0, 0.1) is 0 Å². The molecule has 2 N–H and O–H groups in total. The molecule has 0 saturated carbocycles. The molecule has 0 aromatic carbocycles. The third kappa shape index (κ3) is 3.86. The Bertz CT molecular complexity index is 566. The highest BCUT2D eigenvalue weighted by molar-refractivity contribution is 5.89. The number of amides is 2. The number of hydrogen-bond acceptors (Lipinski definition) is 3. The number of nitrogens with zero attached hydrogens (tertiary/aromatic N) is 3. The van der Waals surface area contributed by atoms with E-state index in [9.17, 15) is 9.90 Å². The topological polar surface area (TPSA) is 70.4 Å². The summed E-state index contributed by atoms with van der Waals surface area (Å²) in [5.74, 6) is 0.705. The van der Waals surface area contributed by atoms with Crippen LogP contribution in [0.15, 0.2) is 6.07 Å². The lowest BCUT2D eigenvalue weighted by molar-refractivity contribution is 0.166. The first-order valence-corrected chi connectivity index (χ1v) is 8.33. The van der Waals surface area contributed by atoms with E-state index in [0.717, 1.165) is 18.5 Å². The van der Waals surface area contributed by atoms with Gasteiger partial charge in [0, 0.05) is 18.0 Å². The van der Waals surface area contributed by atoms with E-state index in [1.165, 1.54) is 0 Å². The third-order valence-electron chi connectivity index (χ3n) is 4.20. The quantitative estimate of drug-likeness (QED) is 0.879. The molecular weight excluding hydrogens is 292 g/mol. The van der Waals surface area contributed by atoms with Gasteiger partial charge in [0.1, 0.15) is 5.82 Å². The summed E-state index contributed by atoms with van der Waals surface area (Å²) in [4.78, 5) is 14.3. The Labute approximate surface area is 138 Å². The molecule has 1 unspecified atom stereocenters. The second kappa shape index (κ2) is 6.15. The normalized spacial score (nSPS) is 19.3. The van der Waals surface area contributed by atoms with Gasteiger partial charge in [-0.1, -0.05) is 20.8 Å². The van der Waals surface area contributed by atoms with Crippen molar-refractivity contribution in [2.45, 2.75) is 71.4 Å². The van der Waals surface area contributed by atoms with Crippen LogP contribution >= 0.6 is 0 Å². The van der Waals surface area contributed by atoms with Crippen LogP contribution in [-0.2, 0) is 11.0 Å². The summed E-state index contributed by atoms with van der Waals surface area (Å²) in [7, 11) is 0. The van der Waals surface area contributed by atoms with Gasteiger partial charge in [-0.15, -0.1) is 0 Å². The predicted molar refractivity (Wildman–Crippen MR) is 91.8 cm³/mol. The number of aliphatic hydroxyl groups excluding tert-OH is 1. The van der Waals surface area contributed by atoms with Crippen LogP contribution in [-0.4, -0.2) is 45.0 Å². The van der Waals surface area contributed by atoms with E-state index in [-0.39, 0.29) is 29.6 Å². The van der Waals surface area contributed by atoms with Gasteiger partial charge in [-0.25, -0.2) is 9.48 Å². The number of aliphatic hydroxyl groups is 1. The number of nitrogens with one attached hydrogen (secondary N) is 1.